The number of guanidine groups is 1. The van der Waals surface area contributed by atoms with Gasteiger partial charge in [-0.3, -0.25) is 4.79 Å². The Bertz CT molecular complexity index is 631. The molecule has 0 spiro atoms. The number of nitrogens with two attached hydrogens (primary N) is 2. The number of nitrogens with zero attached hydrogens (tertiary/aromatic N) is 1. The Morgan fingerprint density at radius 2 is 1.78 bits per heavy atom. The molecule has 0 aliphatic heterocycles. The number of carbonyl (C=O) groups excluding carboxylic acids is 1. The van der Waals surface area contributed by atoms with Crippen LogP contribution in [0.3, 0.4) is 0 Å². The van der Waals surface area contributed by atoms with E-state index in [1.54, 1.807) is 19.2 Å². The lowest BCUT2D eigenvalue weighted by Crippen LogP contribution is -2.24. The average molecular weight is 243 g/mol. The Kier molecular flexibility index (Phi) is 3.14. The average Bonchev–Trinajstić information content (AvgIpc) is 2.36. The number of rotatable bonds is 2. The first-order valence-electron chi connectivity index (χ1n) is 5.32. The maximum absolute atomic E-state index is 11.6. The predicted molar refractivity (Wildman–Crippen MR) is 70.6 cm³/mol. The molecule has 5 nitrogen and oxygen atoms in total. The van der Waals surface area contributed by atoms with Crippen LogP contribution in [0.2, 0.25) is 0 Å². The number of aliphatic imine (C=N–C) groups is 1. The summed E-state index contributed by atoms with van der Waals surface area (Å²) in [6.45, 7) is 0. The molecule has 2 aromatic rings. The van der Waals surface area contributed by atoms with E-state index in [9.17, 15) is 4.79 Å². The van der Waals surface area contributed by atoms with Crippen LogP contribution in [0.4, 0.5) is 0 Å². The summed E-state index contributed by atoms with van der Waals surface area (Å²) >= 11 is 0. The molecule has 4 N–H and O–H groups in total. The Morgan fingerprint density at radius 1 is 1.11 bits per heavy atom. The minimum absolute atomic E-state index is 0.241. The van der Waals surface area contributed by atoms with Gasteiger partial charge < -0.3 is 16.2 Å². The van der Waals surface area contributed by atoms with Crippen LogP contribution in [-0.4, -0.2) is 19.0 Å². The van der Waals surface area contributed by atoms with E-state index in [1.807, 2.05) is 24.3 Å². The van der Waals surface area contributed by atoms with Crippen LogP contribution < -0.4 is 16.2 Å². The molecule has 0 aliphatic rings. The number of benzene rings is 2. The largest absolute Gasteiger partial charge is 0.497 e. The molecule has 0 aromatic heterocycles. The molecule has 0 fully saturated rings. The second-order valence-corrected chi connectivity index (χ2v) is 3.77. The van der Waals surface area contributed by atoms with Crippen LogP contribution in [0, 0.1) is 0 Å². The van der Waals surface area contributed by atoms with Gasteiger partial charge in [0, 0.05) is 5.56 Å². The molecule has 0 heterocycles. The van der Waals surface area contributed by atoms with E-state index < -0.39 is 5.91 Å². The van der Waals surface area contributed by atoms with Gasteiger partial charge in [0.15, 0.2) is 5.96 Å². The zero-order valence-corrected chi connectivity index (χ0v) is 9.88. The summed E-state index contributed by atoms with van der Waals surface area (Å²) in [5.41, 5.74) is 10.8. The number of hydrogen-bond donors (Lipinski definition) is 2. The van der Waals surface area contributed by atoms with E-state index in [4.69, 9.17) is 16.2 Å². The molecule has 0 unspecified atom stereocenters. The molecule has 0 saturated heterocycles. The summed E-state index contributed by atoms with van der Waals surface area (Å²) in [5.74, 6) is 0.0772. The second-order valence-electron chi connectivity index (χ2n) is 3.77. The van der Waals surface area contributed by atoms with Gasteiger partial charge in [-0.25, -0.2) is 0 Å². The summed E-state index contributed by atoms with van der Waals surface area (Å²) < 4.78 is 5.13. The maximum Gasteiger partial charge on any atom is 0.280 e. The standard InChI is InChI=1S/C13H13N3O2/c1-18-11-5-4-8-6-10(3-2-9(8)7-11)12(17)16-13(14)15/h2-7H,1H3,(H4,14,15,16,17). The molecule has 0 atom stereocenters. The highest BCUT2D eigenvalue weighted by molar-refractivity contribution is 6.04. The number of ether oxygens (including phenoxy) is 1. The summed E-state index contributed by atoms with van der Waals surface area (Å²) in [7, 11) is 1.61. The molecule has 2 rings (SSSR count). The highest BCUT2D eigenvalue weighted by Crippen LogP contribution is 2.22. The van der Waals surface area contributed by atoms with Gasteiger partial charge in [0.1, 0.15) is 5.75 Å². The van der Waals surface area contributed by atoms with Gasteiger partial charge in [-0.1, -0.05) is 12.1 Å². The van der Waals surface area contributed by atoms with Crippen molar-refractivity contribution in [2.45, 2.75) is 0 Å². The molecule has 0 bridgehead atoms. The van der Waals surface area contributed by atoms with E-state index in [0.29, 0.717) is 5.56 Å². The van der Waals surface area contributed by atoms with Crippen LogP contribution in [-0.2, 0) is 0 Å². The third-order valence-corrected chi connectivity index (χ3v) is 2.53. The molecule has 2 aromatic carbocycles. The minimum atomic E-state index is -0.451. The zero-order valence-electron chi connectivity index (χ0n) is 9.88. The lowest BCUT2D eigenvalue weighted by Gasteiger charge is -2.03. The molecular weight excluding hydrogens is 230 g/mol. The first kappa shape index (κ1) is 11.9. The van der Waals surface area contributed by atoms with Gasteiger partial charge in [0.25, 0.3) is 5.91 Å². The Hall–Kier alpha value is -2.56. The second kappa shape index (κ2) is 4.75. The number of carbonyl (C=O) groups is 1. The molecular formula is C13H13N3O2. The molecule has 5 heteroatoms. The van der Waals surface area contributed by atoms with Gasteiger partial charge in [0.2, 0.25) is 0 Å². The quantitative estimate of drug-likeness (QED) is 0.613. The van der Waals surface area contributed by atoms with E-state index in [-0.39, 0.29) is 5.96 Å². The Balaban J connectivity index is 2.45. The molecule has 0 saturated carbocycles. The monoisotopic (exact) mass is 243 g/mol. The van der Waals surface area contributed by atoms with E-state index in [2.05, 4.69) is 4.99 Å². The number of amides is 1. The highest BCUT2D eigenvalue weighted by Gasteiger charge is 2.06. The topological polar surface area (TPSA) is 90.7 Å². The molecule has 92 valence electrons. The smallest absolute Gasteiger partial charge is 0.280 e. The van der Waals surface area contributed by atoms with Crippen molar-refractivity contribution >= 4 is 22.6 Å². The van der Waals surface area contributed by atoms with E-state index in [1.165, 1.54) is 0 Å². The van der Waals surface area contributed by atoms with Crippen molar-refractivity contribution in [1.29, 1.82) is 0 Å². The third-order valence-electron chi connectivity index (χ3n) is 2.53. The first-order valence-corrected chi connectivity index (χ1v) is 5.32. The van der Waals surface area contributed by atoms with Crippen molar-refractivity contribution in [2.75, 3.05) is 7.11 Å². The van der Waals surface area contributed by atoms with Crippen molar-refractivity contribution in [1.82, 2.24) is 0 Å². The van der Waals surface area contributed by atoms with Crippen molar-refractivity contribution in [3.05, 3.63) is 42.0 Å². The van der Waals surface area contributed by atoms with E-state index >= 15 is 0 Å². The molecule has 18 heavy (non-hydrogen) atoms. The van der Waals surface area contributed by atoms with Crippen molar-refractivity contribution in [2.24, 2.45) is 16.5 Å². The van der Waals surface area contributed by atoms with E-state index in [0.717, 1.165) is 16.5 Å². The van der Waals surface area contributed by atoms with Gasteiger partial charge in [-0.15, -0.1) is 0 Å². The van der Waals surface area contributed by atoms with Crippen molar-refractivity contribution in [3.8, 4) is 5.75 Å². The van der Waals surface area contributed by atoms with Gasteiger partial charge in [0.05, 0.1) is 7.11 Å². The summed E-state index contributed by atoms with van der Waals surface area (Å²) in [6, 6.07) is 10.8. The Labute approximate surface area is 104 Å². The summed E-state index contributed by atoms with van der Waals surface area (Å²) in [4.78, 5) is 15.1. The third kappa shape index (κ3) is 2.40. The van der Waals surface area contributed by atoms with Crippen molar-refractivity contribution < 1.29 is 9.53 Å². The van der Waals surface area contributed by atoms with Crippen LogP contribution in [0.15, 0.2) is 41.4 Å². The van der Waals surface area contributed by atoms with Gasteiger partial charge in [-0.05, 0) is 35.0 Å². The molecule has 1 amide bonds. The fourth-order valence-corrected chi connectivity index (χ4v) is 1.67. The minimum Gasteiger partial charge on any atom is -0.497 e. The molecule has 0 aliphatic carbocycles. The predicted octanol–water partition coefficient (Wildman–Crippen LogP) is 1.26. The molecule has 0 radical (unpaired) electrons. The fourth-order valence-electron chi connectivity index (χ4n) is 1.67. The summed E-state index contributed by atoms with van der Waals surface area (Å²) in [5, 5.41) is 1.91. The Morgan fingerprint density at radius 3 is 2.44 bits per heavy atom. The van der Waals surface area contributed by atoms with Crippen molar-refractivity contribution in [3.63, 3.8) is 0 Å². The first-order chi connectivity index (χ1) is 8.60. The lowest BCUT2D eigenvalue weighted by molar-refractivity contribution is 0.100. The highest BCUT2D eigenvalue weighted by atomic mass is 16.5. The summed E-state index contributed by atoms with van der Waals surface area (Å²) in [6.07, 6.45) is 0. The number of hydrogen-bond acceptors (Lipinski definition) is 2. The van der Waals surface area contributed by atoms with Crippen LogP contribution >= 0.6 is 0 Å². The maximum atomic E-state index is 11.6. The number of fused-ring (bicyclic) bond motifs is 1. The lowest BCUT2D eigenvalue weighted by atomic mass is 10.1. The normalized spacial score (nSPS) is 10.1. The van der Waals surface area contributed by atoms with Crippen LogP contribution in [0.1, 0.15) is 10.4 Å². The zero-order chi connectivity index (χ0) is 13.1. The SMILES string of the molecule is COc1ccc2cc(C(=O)N=C(N)N)ccc2c1. The van der Waals surface area contributed by atoms with Crippen LogP contribution in [0.25, 0.3) is 10.8 Å². The van der Waals surface area contributed by atoms with Crippen LogP contribution in [0.5, 0.6) is 5.75 Å². The van der Waals surface area contributed by atoms with Gasteiger partial charge in [-0.2, -0.15) is 4.99 Å². The number of methoxy groups -OCH3 is 1. The fraction of sp³-hybridized carbons (Fsp3) is 0.0769. The van der Waals surface area contributed by atoms with Gasteiger partial charge >= 0.3 is 0 Å².